The predicted octanol–water partition coefficient (Wildman–Crippen LogP) is -0.0500. The van der Waals surface area contributed by atoms with Crippen LogP contribution in [-0.4, -0.2) is 29.4 Å². The summed E-state index contributed by atoms with van der Waals surface area (Å²) >= 11 is 0. The molecule has 4 nitrogen and oxygen atoms in total. The highest BCUT2D eigenvalue weighted by Gasteiger charge is 2.30. The van der Waals surface area contributed by atoms with E-state index in [9.17, 15) is 9.59 Å². The Morgan fingerprint density at radius 2 is 2.42 bits per heavy atom. The molecule has 1 fully saturated rings. The van der Waals surface area contributed by atoms with Gasteiger partial charge in [-0.3, -0.25) is 10.1 Å². The topological polar surface area (TPSA) is 49.4 Å². The van der Waals surface area contributed by atoms with Crippen molar-refractivity contribution in [3.05, 3.63) is 0 Å². The van der Waals surface area contributed by atoms with E-state index in [0.717, 1.165) is 0 Å². The van der Waals surface area contributed by atoms with Crippen LogP contribution in [0.25, 0.3) is 0 Å². The minimum absolute atomic E-state index is 0.0849. The van der Waals surface area contributed by atoms with Crippen molar-refractivity contribution in [2.45, 2.75) is 19.4 Å². The fourth-order valence-electron chi connectivity index (χ4n) is 1.14. The van der Waals surface area contributed by atoms with E-state index in [1.54, 1.807) is 0 Å². The van der Waals surface area contributed by atoms with Gasteiger partial charge in [0, 0.05) is 0 Å². The lowest BCUT2D eigenvalue weighted by Crippen LogP contribution is -2.36. The highest BCUT2D eigenvalue weighted by atomic mass is 16.2. The third-order valence-electron chi connectivity index (χ3n) is 1.78. The molecule has 3 amide bonds. The van der Waals surface area contributed by atoms with Gasteiger partial charge in [-0.2, -0.15) is 0 Å². The van der Waals surface area contributed by atoms with Gasteiger partial charge in [0.15, 0.2) is 0 Å². The Hall–Kier alpha value is -1.50. The second-order valence-corrected chi connectivity index (χ2v) is 2.57. The van der Waals surface area contributed by atoms with Gasteiger partial charge < -0.3 is 4.90 Å². The van der Waals surface area contributed by atoms with Crippen LogP contribution >= 0.6 is 0 Å². The van der Waals surface area contributed by atoms with Crippen molar-refractivity contribution in [1.29, 1.82) is 0 Å². The molecule has 4 heteroatoms. The molecule has 0 radical (unpaired) electrons. The SMILES string of the molecule is C#CC(CC)N1CC(=O)NC1=O. The van der Waals surface area contributed by atoms with E-state index in [1.807, 2.05) is 6.92 Å². The van der Waals surface area contributed by atoms with Gasteiger partial charge in [0.25, 0.3) is 0 Å². The Kier molecular flexibility index (Phi) is 2.34. The molecule has 1 N–H and O–H groups in total. The van der Waals surface area contributed by atoms with Crippen molar-refractivity contribution >= 4 is 11.9 Å². The lowest BCUT2D eigenvalue weighted by molar-refractivity contribution is -0.118. The number of carbonyl (C=O) groups excluding carboxylic acids is 2. The summed E-state index contributed by atoms with van der Waals surface area (Å²) in [7, 11) is 0. The van der Waals surface area contributed by atoms with E-state index in [2.05, 4.69) is 11.2 Å². The van der Waals surface area contributed by atoms with E-state index in [0.29, 0.717) is 6.42 Å². The molecule has 1 aliphatic heterocycles. The van der Waals surface area contributed by atoms with Crippen LogP contribution < -0.4 is 5.32 Å². The molecule has 1 atom stereocenters. The molecule has 0 bridgehead atoms. The maximum Gasteiger partial charge on any atom is 0.325 e. The first-order chi connectivity index (χ1) is 5.69. The molecule has 1 aliphatic rings. The van der Waals surface area contributed by atoms with Crippen molar-refractivity contribution in [2.24, 2.45) is 0 Å². The normalized spacial score (nSPS) is 18.8. The number of rotatable bonds is 2. The van der Waals surface area contributed by atoms with Crippen molar-refractivity contribution < 1.29 is 9.59 Å². The number of nitrogens with zero attached hydrogens (tertiary/aromatic N) is 1. The minimum Gasteiger partial charge on any atom is -0.301 e. The molecule has 64 valence electrons. The summed E-state index contributed by atoms with van der Waals surface area (Å²) in [5, 5.41) is 2.17. The number of hydrogen-bond acceptors (Lipinski definition) is 2. The first-order valence-corrected chi connectivity index (χ1v) is 3.75. The monoisotopic (exact) mass is 166 g/mol. The first kappa shape index (κ1) is 8.60. The second kappa shape index (κ2) is 3.26. The second-order valence-electron chi connectivity index (χ2n) is 2.57. The van der Waals surface area contributed by atoms with Crippen molar-refractivity contribution in [3.63, 3.8) is 0 Å². The number of amides is 3. The largest absolute Gasteiger partial charge is 0.325 e. The van der Waals surface area contributed by atoms with Crippen molar-refractivity contribution in [2.75, 3.05) is 6.54 Å². The number of imide groups is 1. The lowest BCUT2D eigenvalue weighted by atomic mass is 10.2. The zero-order valence-corrected chi connectivity index (χ0v) is 6.83. The molecule has 1 heterocycles. The summed E-state index contributed by atoms with van der Waals surface area (Å²) in [5.41, 5.74) is 0. The van der Waals surface area contributed by atoms with Gasteiger partial charge in [-0.15, -0.1) is 6.42 Å². The van der Waals surface area contributed by atoms with Crippen LogP contribution in [0, 0.1) is 12.3 Å². The predicted molar refractivity (Wildman–Crippen MR) is 43.2 cm³/mol. The quantitative estimate of drug-likeness (QED) is 0.462. The molecule has 1 rings (SSSR count). The van der Waals surface area contributed by atoms with Crippen molar-refractivity contribution in [3.8, 4) is 12.3 Å². The summed E-state index contributed by atoms with van der Waals surface area (Å²) in [6, 6.07) is -0.652. The highest BCUT2D eigenvalue weighted by Crippen LogP contribution is 2.07. The number of hydrogen-bond donors (Lipinski definition) is 1. The smallest absolute Gasteiger partial charge is 0.301 e. The minimum atomic E-state index is -0.384. The maximum absolute atomic E-state index is 11.0. The van der Waals surface area contributed by atoms with Gasteiger partial charge in [-0.1, -0.05) is 12.8 Å². The molecule has 0 aliphatic carbocycles. The molecule has 0 aromatic heterocycles. The highest BCUT2D eigenvalue weighted by molar-refractivity contribution is 6.02. The maximum atomic E-state index is 11.0. The lowest BCUT2D eigenvalue weighted by Gasteiger charge is -2.18. The van der Waals surface area contributed by atoms with Crippen LogP contribution in [0.4, 0.5) is 4.79 Å². The van der Waals surface area contributed by atoms with Crippen LogP contribution in [0.3, 0.4) is 0 Å². The zero-order chi connectivity index (χ0) is 9.14. The van der Waals surface area contributed by atoms with Gasteiger partial charge in [0.1, 0.15) is 6.54 Å². The molecular weight excluding hydrogens is 156 g/mol. The van der Waals surface area contributed by atoms with E-state index in [4.69, 9.17) is 6.42 Å². The zero-order valence-electron chi connectivity index (χ0n) is 6.83. The van der Waals surface area contributed by atoms with E-state index in [1.165, 1.54) is 4.90 Å². The Labute approximate surface area is 70.9 Å². The first-order valence-electron chi connectivity index (χ1n) is 3.75. The average molecular weight is 166 g/mol. The van der Waals surface area contributed by atoms with Crippen LogP contribution in [0.15, 0.2) is 0 Å². The third-order valence-corrected chi connectivity index (χ3v) is 1.78. The Morgan fingerprint density at radius 1 is 1.75 bits per heavy atom. The van der Waals surface area contributed by atoms with E-state index in [-0.39, 0.29) is 24.5 Å². The summed E-state index contributed by atoms with van der Waals surface area (Å²) in [6.07, 6.45) is 5.85. The van der Waals surface area contributed by atoms with Crippen molar-refractivity contribution in [1.82, 2.24) is 10.2 Å². The van der Waals surface area contributed by atoms with E-state index >= 15 is 0 Å². The van der Waals surface area contributed by atoms with Gasteiger partial charge >= 0.3 is 6.03 Å². The van der Waals surface area contributed by atoms with Crippen LogP contribution in [0.1, 0.15) is 13.3 Å². The van der Waals surface area contributed by atoms with Crippen LogP contribution in [0.5, 0.6) is 0 Å². The van der Waals surface area contributed by atoms with Gasteiger partial charge in [0.2, 0.25) is 5.91 Å². The number of nitrogens with one attached hydrogen (secondary N) is 1. The van der Waals surface area contributed by atoms with Gasteiger partial charge in [0.05, 0.1) is 6.04 Å². The Balaban J connectivity index is 2.70. The fraction of sp³-hybridized carbons (Fsp3) is 0.500. The average Bonchev–Trinajstić information content (AvgIpc) is 2.34. The third kappa shape index (κ3) is 1.40. The number of carbonyl (C=O) groups is 2. The van der Waals surface area contributed by atoms with E-state index < -0.39 is 0 Å². The number of urea groups is 1. The molecule has 0 spiro atoms. The van der Waals surface area contributed by atoms with Gasteiger partial charge in [-0.05, 0) is 6.42 Å². The molecule has 0 aromatic carbocycles. The molecule has 0 aromatic rings. The molecule has 1 unspecified atom stereocenters. The fourth-order valence-corrected chi connectivity index (χ4v) is 1.14. The van der Waals surface area contributed by atoms with Gasteiger partial charge in [-0.25, -0.2) is 4.79 Å². The molecule has 1 saturated heterocycles. The molecule has 12 heavy (non-hydrogen) atoms. The summed E-state index contributed by atoms with van der Waals surface area (Å²) in [5.74, 6) is 2.17. The van der Waals surface area contributed by atoms with Crippen LogP contribution in [-0.2, 0) is 4.79 Å². The molecule has 0 saturated carbocycles. The summed E-state index contributed by atoms with van der Waals surface area (Å²) in [4.78, 5) is 23.2. The summed E-state index contributed by atoms with van der Waals surface area (Å²) < 4.78 is 0. The molecular formula is C8H10N2O2. The standard InChI is InChI=1S/C8H10N2O2/c1-3-6(4-2)10-5-7(11)9-8(10)12/h1,6H,4-5H2,2H3,(H,9,11,12). The summed E-state index contributed by atoms with van der Waals surface area (Å²) in [6.45, 7) is 1.96. The Bertz CT molecular complexity index is 254. The number of terminal acetylenes is 1. The Morgan fingerprint density at radius 3 is 2.75 bits per heavy atom. The van der Waals surface area contributed by atoms with Crippen LogP contribution in [0.2, 0.25) is 0 Å².